The van der Waals surface area contributed by atoms with Crippen LogP contribution in [0, 0.1) is 0 Å². The highest BCUT2D eigenvalue weighted by atomic mass is 32.1. The van der Waals surface area contributed by atoms with Crippen LogP contribution in [0.5, 0.6) is 0 Å². The fourth-order valence-corrected chi connectivity index (χ4v) is 11.5. The number of rotatable bonds is 7. The molecule has 4 heterocycles. The zero-order valence-corrected chi connectivity index (χ0v) is 38.0. The number of hydrogen-bond donors (Lipinski definition) is 0. The second-order valence-corrected chi connectivity index (χ2v) is 18.6. The predicted molar refractivity (Wildman–Crippen MR) is 289 cm³/mol. The van der Waals surface area contributed by atoms with Crippen molar-refractivity contribution in [1.29, 1.82) is 0 Å². The highest BCUT2D eigenvalue weighted by molar-refractivity contribution is 7.26. The van der Waals surface area contributed by atoms with Crippen LogP contribution in [0.2, 0.25) is 0 Å². The molecule has 69 heavy (non-hydrogen) atoms. The maximum absolute atomic E-state index is 5.22. The Morgan fingerprint density at radius 3 is 1.51 bits per heavy atom. The van der Waals surface area contributed by atoms with Gasteiger partial charge in [-0.25, -0.2) is 15.0 Å². The minimum Gasteiger partial charge on any atom is -0.307 e. The quantitative estimate of drug-likeness (QED) is 0.160. The van der Waals surface area contributed by atoms with Crippen LogP contribution >= 0.6 is 11.3 Å². The Balaban J connectivity index is 1.01. The summed E-state index contributed by atoms with van der Waals surface area (Å²) in [6, 6.07) is 84.5. The largest absolute Gasteiger partial charge is 0.307 e. The lowest BCUT2D eigenvalue weighted by Gasteiger charge is -2.15. The molecule has 14 aromatic rings. The molecule has 0 radical (unpaired) electrons. The van der Waals surface area contributed by atoms with Crippen molar-refractivity contribution in [3.8, 4) is 67.8 Å². The summed E-state index contributed by atoms with van der Waals surface area (Å²) in [6.07, 6.45) is 0. The van der Waals surface area contributed by atoms with Crippen LogP contribution in [0.25, 0.3) is 132 Å². The van der Waals surface area contributed by atoms with Crippen molar-refractivity contribution < 1.29 is 0 Å². The first-order chi connectivity index (χ1) is 34.2. The lowest BCUT2D eigenvalue weighted by atomic mass is 10.0. The fraction of sp³-hybridized carbons (Fsp3) is 0. The highest BCUT2D eigenvalue weighted by Gasteiger charge is 2.24. The van der Waals surface area contributed by atoms with Crippen LogP contribution in [0.4, 0.5) is 0 Å². The van der Waals surface area contributed by atoms with Gasteiger partial charge in [0.1, 0.15) is 0 Å². The van der Waals surface area contributed by atoms with E-state index in [1.807, 2.05) is 35.6 Å². The highest BCUT2D eigenvalue weighted by Crippen LogP contribution is 2.46. The topological polar surface area (TPSA) is 48.5 Å². The molecule has 0 atom stereocenters. The molecule has 0 saturated carbocycles. The number of para-hydroxylation sites is 3. The fourth-order valence-electron chi connectivity index (χ4n) is 10.4. The molecule has 14 rings (SSSR count). The molecule has 6 heteroatoms. The Morgan fingerprint density at radius 1 is 0.290 bits per heavy atom. The smallest absolute Gasteiger partial charge is 0.164 e. The third-order valence-corrected chi connectivity index (χ3v) is 14.7. The van der Waals surface area contributed by atoms with Gasteiger partial charge in [0.05, 0.1) is 27.8 Å². The van der Waals surface area contributed by atoms with Crippen molar-refractivity contribution in [2.45, 2.75) is 0 Å². The summed E-state index contributed by atoms with van der Waals surface area (Å²) in [7, 11) is 0. The normalized spacial score (nSPS) is 11.8. The van der Waals surface area contributed by atoms with Crippen molar-refractivity contribution in [2.24, 2.45) is 0 Å². The summed E-state index contributed by atoms with van der Waals surface area (Å²) >= 11 is 1.83. The van der Waals surface area contributed by atoms with Gasteiger partial charge in [-0.3, -0.25) is 0 Å². The lowest BCUT2D eigenvalue weighted by molar-refractivity contribution is 1.07. The molecule has 0 aliphatic carbocycles. The third-order valence-electron chi connectivity index (χ3n) is 13.6. The van der Waals surface area contributed by atoms with E-state index in [4.69, 9.17) is 15.0 Å². The number of fused-ring (bicyclic) bond motifs is 10. The summed E-state index contributed by atoms with van der Waals surface area (Å²) < 4.78 is 7.41. The second-order valence-electron chi connectivity index (χ2n) is 17.6. The zero-order chi connectivity index (χ0) is 45.4. The standard InChI is InChI=1S/C63H39N5S/c1-5-16-40(17-6-1)42-28-30-44(31-29-42)62-64-61(43-20-9-3-10-21-43)65-63(66-62)46-33-36-56-52(39-46)58-57(69-56)37-34-50-49-25-15-27-55(59(49)67(60(50)58)47-22-11-4-12-23-47)68-53-26-14-13-24-48(53)51-38-45(32-35-54(51)68)41-18-7-2-8-19-41/h1-39H. The molecule has 0 aliphatic rings. The summed E-state index contributed by atoms with van der Waals surface area (Å²) in [5, 5.41) is 7.23. The minimum absolute atomic E-state index is 0.632. The summed E-state index contributed by atoms with van der Waals surface area (Å²) in [5.41, 5.74) is 14.4. The van der Waals surface area contributed by atoms with Gasteiger partial charge >= 0.3 is 0 Å². The lowest BCUT2D eigenvalue weighted by Crippen LogP contribution is -2.01. The molecule has 10 aromatic carbocycles. The Kier molecular flexibility index (Phi) is 9.00. The molecule has 0 unspecified atom stereocenters. The number of aromatic nitrogens is 5. The van der Waals surface area contributed by atoms with Crippen LogP contribution < -0.4 is 0 Å². The molecular weight excluding hydrogens is 859 g/mol. The van der Waals surface area contributed by atoms with Crippen LogP contribution in [-0.4, -0.2) is 24.1 Å². The number of nitrogens with zero attached hydrogens (tertiary/aromatic N) is 5. The summed E-state index contributed by atoms with van der Waals surface area (Å²) in [4.78, 5) is 15.5. The molecule has 0 N–H and O–H groups in total. The Hall–Kier alpha value is -8.97. The van der Waals surface area contributed by atoms with Crippen LogP contribution in [0.15, 0.2) is 237 Å². The first kappa shape index (κ1) is 39.2. The Bertz CT molecular complexity index is 4270. The van der Waals surface area contributed by atoms with Crippen molar-refractivity contribution in [3.63, 3.8) is 0 Å². The number of thiophene rings is 1. The first-order valence-electron chi connectivity index (χ1n) is 23.3. The van der Waals surface area contributed by atoms with Gasteiger partial charge in [0, 0.05) is 64.1 Å². The van der Waals surface area contributed by atoms with Crippen molar-refractivity contribution in [1.82, 2.24) is 24.1 Å². The minimum atomic E-state index is 0.632. The van der Waals surface area contributed by atoms with Crippen molar-refractivity contribution in [2.75, 3.05) is 0 Å². The van der Waals surface area contributed by atoms with Gasteiger partial charge in [0.25, 0.3) is 0 Å². The predicted octanol–water partition coefficient (Wildman–Crippen LogP) is 16.8. The van der Waals surface area contributed by atoms with Gasteiger partial charge in [-0.05, 0) is 82.9 Å². The second kappa shape index (κ2) is 15.8. The number of benzene rings is 10. The van der Waals surface area contributed by atoms with Gasteiger partial charge in [-0.1, -0.05) is 176 Å². The van der Waals surface area contributed by atoms with Crippen molar-refractivity contribution in [3.05, 3.63) is 237 Å². The summed E-state index contributed by atoms with van der Waals surface area (Å²) in [5.74, 6) is 1.90. The molecule has 5 nitrogen and oxygen atoms in total. The molecule has 0 amide bonds. The van der Waals surface area contributed by atoms with E-state index in [0.717, 1.165) is 39.1 Å². The monoisotopic (exact) mass is 897 g/mol. The van der Waals surface area contributed by atoms with E-state index in [1.165, 1.54) is 75.0 Å². The van der Waals surface area contributed by atoms with E-state index in [9.17, 15) is 0 Å². The first-order valence-corrected chi connectivity index (χ1v) is 24.1. The van der Waals surface area contributed by atoms with Gasteiger partial charge in [-0.15, -0.1) is 11.3 Å². The third kappa shape index (κ3) is 6.41. The van der Waals surface area contributed by atoms with E-state index >= 15 is 0 Å². The number of hydrogen-bond acceptors (Lipinski definition) is 4. The summed E-state index contributed by atoms with van der Waals surface area (Å²) in [6.45, 7) is 0. The molecule has 322 valence electrons. The molecule has 0 fully saturated rings. The van der Waals surface area contributed by atoms with Crippen molar-refractivity contribution >= 4 is 75.1 Å². The van der Waals surface area contributed by atoms with Crippen LogP contribution in [-0.2, 0) is 0 Å². The molecule has 4 aromatic heterocycles. The van der Waals surface area contributed by atoms with E-state index in [0.29, 0.717) is 17.5 Å². The van der Waals surface area contributed by atoms with Gasteiger partial charge in [-0.2, -0.15) is 0 Å². The molecular formula is C63H39N5S. The van der Waals surface area contributed by atoms with E-state index < -0.39 is 0 Å². The van der Waals surface area contributed by atoms with Crippen LogP contribution in [0.3, 0.4) is 0 Å². The molecule has 0 saturated heterocycles. The van der Waals surface area contributed by atoms with Gasteiger partial charge in [0.2, 0.25) is 0 Å². The van der Waals surface area contributed by atoms with E-state index in [1.54, 1.807) is 0 Å². The molecule has 0 spiro atoms. The average molecular weight is 898 g/mol. The Labute approximate surface area is 401 Å². The Morgan fingerprint density at radius 2 is 0.783 bits per heavy atom. The van der Waals surface area contributed by atoms with E-state index in [-0.39, 0.29) is 0 Å². The van der Waals surface area contributed by atoms with Gasteiger partial charge < -0.3 is 9.13 Å². The average Bonchev–Trinajstić information content (AvgIpc) is 4.09. The molecule has 0 aliphatic heterocycles. The molecule has 0 bridgehead atoms. The van der Waals surface area contributed by atoms with Crippen LogP contribution in [0.1, 0.15) is 0 Å². The maximum atomic E-state index is 5.22. The zero-order valence-electron chi connectivity index (χ0n) is 37.2. The van der Waals surface area contributed by atoms with Gasteiger partial charge in [0.15, 0.2) is 17.5 Å². The van der Waals surface area contributed by atoms with E-state index in [2.05, 4.69) is 221 Å². The maximum Gasteiger partial charge on any atom is 0.164 e. The SMILES string of the molecule is c1ccc(-c2ccc(-c3nc(-c4ccccc4)nc(-c4ccc5sc6ccc7c8cccc(-n9c%10ccccc%10c%10cc(-c%11ccccc%11)ccc%109)c8n(-c8ccccc8)c7c6c5c4)n3)cc2)cc1.